The van der Waals surface area contributed by atoms with Gasteiger partial charge >= 0.3 is 6.18 Å². The second-order valence-electron chi connectivity index (χ2n) is 5.85. The second kappa shape index (κ2) is 9.43. The molecule has 0 aliphatic heterocycles. The van der Waals surface area contributed by atoms with Crippen LogP contribution in [-0.4, -0.2) is 39.5 Å². The zero-order chi connectivity index (χ0) is 22.4. The van der Waals surface area contributed by atoms with Crippen LogP contribution >= 0.6 is 0 Å². The zero-order valence-corrected chi connectivity index (χ0v) is 16.1. The van der Waals surface area contributed by atoms with E-state index in [9.17, 15) is 31.2 Å². The van der Waals surface area contributed by atoms with Gasteiger partial charge in [-0.1, -0.05) is 24.1 Å². The molecule has 0 aliphatic carbocycles. The van der Waals surface area contributed by atoms with E-state index in [-0.39, 0.29) is 28.3 Å². The number of hydrogen-bond donors (Lipinski definition) is 3. The van der Waals surface area contributed by atoms with Crippen LogP contribution < -0.4 is 15.4 Å². The summed E-state index contributed by atoms with van der Waals surface area (Å²) >= 11 is 0. The molecular weight excluding hydrogens is 423 g/mol. The Labute approximate surface area is 170 Å². The van der Waals surface area contributed by atoms with Crippen molar-refractivity contribution >= 4 is 27.5 Å². The molecule has 0 aliphatic rings. The number of nitrogens with one attached hydrogen (secondary N) is 3. The number of carbonyl (C=O) groups excluding carboxylic acids is 2. The number of para-hydroxylation sites is 1. The summed E-state index contributed by atoms with van der Waals surface area (Å²) < 4.78 is 63.4. The van der Waals surface area contributed by atoms with E-state index in [1.54, 1.807) is 5.32 Å². The molecule has 11 heteroatoms. The van der Waals surface area contributed by atoms with Crippen LogP contribution in [-0.2, 0) is 10.0 Å². The zero-order valence-electron chi connectivity index (χ0n) is 15.3. The Morgan fingerprint density at radius 2 is 1.73 bits per heavy atom. The average molecular weight is 439 g/mol. The number of halogens is 3. The third-order valence-electron chi connectivity index (χ3n) is 3.64. The quantitative estimate of drug-likeness (QED) is 0.575. The summed E-state index contributed by atoms with van der Waals surface area (Å²) in [5, 5.41) is 4.12. The molecule has 2 aromatic carbocycles. The van der Waals surface area contributed by atoms with Gasteiger partial charge < -0.3 is 10.6 Å². The van der Waals surface area contributed by atoms with Gasteiger partial charge in [0.1, 0.15) is 6.54 Å². The van der Waals surface area contributed by atoms with Crippen molar-refractivity contribution in [2.45, 2.75) is 11.1 Å². The molecular formula is C19H16F3N3O4S. The van der Waals surface area contributed by atoms with Crippen molar-refractivity contribution in [3.63, 3.8) is 0 Å². The maximum atomic E-state index is 12.5. The topological polar surface area (TPSA) is 104 Å². The Balaban J connectivity index is 2.23. The van der Waals surface area contributed by atoms with Crippen molar-refractivity contribution in [1.82, 2.24) is 10.0 Å². The molecule has 0 spiro atoms. The molecule has 2 aromatic rings. The van der Waals surface area contributed by atoms with Gasteiger partial charge in [0.15, 0.2) is 0 Å². The van der Waals surface area contributed by atoms with Gasteiger partial charge in [-0.25, -0.2) is 8.42 Å². The molecule has 0 heterocycles. The maximum absolute atomic E-state index is 12.5. The van der Waals surface area contributed by atoms with Gasteiger partial charge in [0.05, 0.1) is 22.7 Å². The fourth-order valence-corrected chi connectivity index (χ4v) is 3.26. The van der Waals surface area contributed by atoms with Crippen molar-refractivity contribution in [3.8, 4) is 12.3 Å². The lowest BCUT2D eigenvalue weighted by atomic mass is 10.1. The monoisotopic (exact) mass is 439 g/mol. The minimum Gasteiger partial charge on any atom is -0.343 e. The number of terminal acetylenes is 1. The summed E-state index contributed by atoms with van der Waals surface area (Å²) in [7, 11) is -3.94. The van der Waals surface area contributed by atoms with Crippen LogP contribution in [0.5, 0.6) is 0 Å². The second-order valence-corrected chi connectivity index (χ2v) is 7.62. The summed E-state index contributed by atoms with van der Waals surface area (Å²) in [4.78, 5) is 24.4. The molecule has 158 valence electrons. The fourth-order valence-electron chi connectivity index (χ4n) is 2.28. The molecule has 3 N–H and O–H groups in total. The molecule has 30 heavy (non-hydrogen) atoms. The highest BCUT2D eigenvalue weighted by Crippen LogP contribution is 2.19. The number of rotatable bonds is 7. The molecule has 0 radical (unpaired) electrons. The van der Waals surface area contributed by atoms with E-state index in [1.807, 2.05) is 0 Å². The Bertz CT molecular complexity index is 1090. The van der Waals surface area contributed by atoms with Gasteiger partial charge in [0.2, 0.25) is 10.0 Å². The normalized spacial score (nSPS) is 11.4. The lowest BCUT2D eigenvalue weighted by Crippen LogP contribution is -2.34. The van der Waals surface area contributed by atoms with Crippen LogP contribution in [0.2, 0.25) is 0 Å². The van der Waals surface area contributed by atoms with E-state index in [0.29, 0.717) is 0 Å². The number of hydrogen-bond acceptors (Lipinski definition) is 4. The lowest BCUT2D eigenvalue weighted by molar-refractivity contribution is -0.123. The predicted molar refractivity (Wildman–Crippen MR) is 103 cm³/mol. The van der Waals surface area contributed by atoms with Gasteiger partial charge in [0.25, 0.3) is 11.8 Å². The average Bonchev–Trinajstić information content (AvgIpc) is 2.70. The summed E-state index contributed by atoms with van der Waals surface area (Å²) in [6.07, 6.45) is 0.436. The van der Waals surface area contributed by atoms with Crippen molar-refractivity contribution in [2.24, 2.45) is 0 Å². The Morgan fingerprint density at radius 1 is 1.03 bits per heavy atom. The highest BCUT2D eigenvalue weighted by atomic mass is 32.2. The van der Waals surface area contributed by atoms with Crippen molar-refractivity contribution in [1.29, 1.82) is 0 Å². The van der Waals surface area contributed by atoms with E-state index in [0.717, 1.165) is 6.07 Å². The molecule has 7 nitrogen and oxygen atoms in total. The van der Waals surface area contributed by atoms with Crippen LogP contribution in [0.3, 0.4) is 0 Å². The number of alkyl halides is 3. The van der Waals surface area contributed by atoms with Crippen LogP contribution in [0.15, 0.2) is 53.4 Å². The molecule has 2 amide bonds. The molecule has 0 atom stereocenters. The van der Waals surface area contributed by atoms with Crippen LogP contribution in [0, 0.1) is 12.3 Å². The van der Waals surface area contributed by atoms with Crippen molar-refractivity contribution in [2.75, 3.05) is 18.4 Å². The van der Waals surface area contributed by atoms with E-state index >= 15 is 0 Å². The highest BCUT2D eigenvalue weighted by molar-refractivity contribution is 7.89. The van der Waals surface area contributed by atoms with E-state index < -0.39 is 34.6 Å². The van der Waals surface area contributed by atoms with Crippen LogP contribution in [0.25, 0.3) is 0 Å². The van der Waals surface area contributed by atoms with Gasteiger partial charge in [-0.3, -0.25) is 9.59 Å². The SMILES string of the molecule is C#CCNS(=O)(=O)c1cccc(C(=O)Nc2ccccc2C(=O)NCC(F)(F)F)c1. The number of carbonyl (C=O) groups is 2. The first kappa shape index (κ1) is 22.9. The molecule has 0 aromatic heterocycles. The first-order chi connectivity index (χ1) is 14.0. The highest BCUT2D eigenvalue weighted by Gasteiger charge is 2.28. The Hall–Kier alpha value is -3.36. The molecule has 0 saturated carbocycles. The Kier molecular flexibility index (Phi) is 7.20. The van der Waals surface area contributed by atoms with Gasteiger partial charge in [-0.05, 0) is 30.3 Å². The van der Waals surface area contributed by atoms with Crippen LogP contribution in [0.1, 0.15) is 20.7 Å². The summed E-state index contributed by atoms with van der Waals surface area (Å²) in [6.45, 7) is -1.77. The summed E-state index contributed by atoms with van der Waals surface area (Å²) in [5.41, 5.74) is -0.278. The smallest absolute Gasteiger partial charge is 0.343 e. The van der Waals surface area contributed by atoms with E-state index in [4.69, 9.17) is 6.42 Å². The van der Waals surface area contributed by atoms with Crippen molar-refractivity contribution in [3.05, 3.63) is 59.7 Å². The minimum atomic E-state index is -4.59. The van der Waals surface area contributed by atoms with Gasteiger partial charge in [-0.2, -0.15) is 17.9 Å². The number of amides is 2. The lowest BCUT2D eigenvalue weighted by Gasteiger charge is -2.13. The first-order valence-corrected chi connectivity index (χ1v) is 9.80. The molecule has 2 rings (SSSR count). The molecule has 0 unspecified atom stereocenters. The Morgan fingerprint density at radius 3 is 2.40 bits per heavy atom. The number of sulfonamides is 1. The molecule has 0 bridgehead atoms. The fraction of sp³-hybridized carbons (Fsp3) is 0.158. The van der Waals surface area contributed by atoms with E-state index in [1.165, 1.54) is 42.5 Å². The maximum Gasteiger partial charge on any atom is 0.405 e. The minimum absolute atomic E-state index is 0.0408. The molecule has 0 fully saturated rings. The third-order valence-corrected chi connectivity index (χ3v) is 5.04. The largest absolute Gasteiger partial charge is 0.405 e. The molecule has 0 saturated heterocycles. The number of benzene rings is 2. The van der Waals surface area contributed by atoms with E-state index in [2.05, 4.69) is 16.0 Å². The van der Waals surface area contributed by atoms with Crippen LogP contribution in [0.4, 0.5) is 18.9 Å². The first-order valence-electron chi connectivity index (χ1n) is 8.32. The van der Waals surface area contributed by atoms with Gasteiger partial charge in [-0.15, -0.1) is 6.42 Å². The van der Waals surface area contributed by atoms with Crippen molar-refractivity contribution < 1.29 is 31.2 Å². The predicted octanol–water partition coefficient (Wildman–Crippen LogP) is 2.14. The summed E-state index contributed by atoms with van der Waals surface area (Å²) in [6, 6.07) is 10.5. The third kappa shape index (κ3) is 6.33. The standard InChI is InChI=1S/C19H16F3N3O4S/c1-2-10-24-30(28,29)14-7-5-6-13(11-14)17(26)25-16-9-4-3-8-15(16)18(27)23-12-19(20,21)22/h1,3-9,11,24H,10,12H2,(H,23,27)(H,25,26). The summed E-state index contributed by atoms with van der Waals surface area (Å²) in [5.74, 6) is 0.329. The van der Waals surface area contributed by atoms with Gasteiger partial charge in [0, 0.05) is 5.56 Å². The number of anilines is 1.